The molecular weight excluding hydrogens is 400 g/mol. The summed E-state index contributed by atoms with van der Waals surface area (Å²) < 4.78 is 11.1. The second-order valence-corrected chi connectivity index (χ2v) is 7.60. The molecule has 1 amide bonds. The smallest absolute Gasteiger partial charge is 0.221 e. The fourth-order valence-electron chi connectivity index (χ4n) is 2.67. The number of thiazole rings is 1. The highest BCUT2D eigenvalue weighted by Gasteiger charge is 2.07. The third-order valence-corrected chi connectivity index (χ3v) is 4.68. The van der Waals surface area contributed by atoms with E-state index in [0.29, 0.717) is 16.6 Å². The van der Waals surface area contributed by atoms with Crippen LogP contribution in [0.3, 0.4) is 0 Å². The number of benzene rings is 2. The molecular formula is C22H24N4O3S. The second kappa shape index (κ2) is 9.89. The van der Waals surface area contributed by atoms with E-state index >= 15 is 0 Å². The summed E-state index contributed by atoms with van der Waals surface area (Å²) in [5.74, 6) is 1.26. The highest BCUT2D eigenvalue weighted by molar-refractivity contribution is 7.14. The number of hydrogen-bond acceptors (Lipinski definition) is 7. The predicted molar refractivity (Wildman–Crippen MR) is 122 cm³/mol. The Balaban J connectivity index is 1.65. The van der Waals surface area contributed by atoms with Crippen LogP contribution < -0.4 is 20.2 Å². The van der Waals surface area contributed by atoms with Crippen molar-refractivity contribution in [3.8, 4) is 22.8 Å². The van der Waals surface area contributed by atoms with E-state index in [-0.39, 0.29) is 12.0 Å². The number of carbonyl (C=O) groups excluding carboxylic acids is 1. The summed E-state index contributed by atoms with van der Waals surface area (Å²) in [4.78, 5) is 15.7. The van der Waals surface area contributed by atoms with Crippen molar-refractivity contribution in [2.24, 2.45) is 5.10 Å². The number of nitrogens with one attached hydrogen (secondary N) is 2. The van der Waals surface area contributed by atoms with Gasteiger partial charge in [0.15, 0.2) is 11.5 Å². The summed E-state index contributed by atoms with van der Waals surface area (Å²) in [7, 11) is 1.62. The van der Waals surface area contributed by atoms with E-state index in [9.17, 15) is 4.79 Å². The van der Waals surface area contributed by atoms with Crippen LogP contribution in [0.15, 0.2) is 52.9 Å². The van der Waals surface area contributed by atoms with E-state index in [1.807, 2.05) is 61.7 Å². The Kier molecular flexibility index (Phi) is 7.03. The fraction of sp³-hybridized carbons (Fsp3) is 0.227. The van der Waals surface area contributed by atoms with E-state index in [2.05, 4.69) is 20.8 Å². The summed E-state index contributed by atoms with van der Waals surface area (Å²) in [5.41, 5.74) is 6.39. The van der Waals surface area contributed by atoms with E-state index in [4.69, 9.17) is 9.47 Å². The maximum atomic E-state index is 11.1. The van der Waals surface area contributed by atoms with Crippen LogP contribution in [0.1, 0.15) is 26.3 Å². The molecule has 7 nitrogen and oxygen atoms in total. The van der Waals surface area contributed by atoms with E-state index in [1.165, 1.54) is 18.3 Å². The van der Waals surface area contributed by atoms with Crippen LogP contribution >= 0.6 is 11.3 Å². The molecule has 0 fully saturated rings. The van der Waals surface area contributed by atoms with Crippen molar-refractivity contribution < 1.29 is 14.3 Å². The lowest BCUT2D eigenvalue weighted by molar-refractivity contribution is -0.114. The van der Waals surface area contributed by atoms with Gasteiger partial charge in [0.25, 0.3) is 0 Å². The monoisotopic (exact) mass is 424 g/mol. The normalized spacial score (nSPS) is 11.0. The zero-order valence-electron chi connectivity index (χ0n) is 17.3. The number of hydrogen-bond donors (Lipinski definition) is 2. The molecule has 30 heavy (non-hydrogen) atoms. The van der Waals surface area contributed by atoms with Crippen LogP contribution in [0, 0.1) is 0 Å². The van der Waals surface area contributed by atoms with Crippen molar-refractivity contribution in [1.82, 2.24) is 4.98 Å². The molecule has 0 aliphatic carbocycles. The zero-order valence-corrected chi connectivity index (χ0v) is 18.1. The fourth-order valence-corrected chi connectivity index (χ4v) is 3.34. The standard InChI is InChI=1S/C22H24N4O3S/c1-14(2)29-21-11-16(5-10-20(21)28-4)12-23-26-22-25-19(13-30-22)17-6-8-18(9-7-17)24-15(3)27/h5-14H,1-4H3,(H,24,27)(H,25,26)/b23-12-. The molecule has 3 aromatic rings. The van der Waals surface area contributed by atoms with Gasteiger partial charge in [0.1, 0.15) is 0 Å². The van der Waals surface area contributed by atoms with Gasteiger partial charge in [0.2, 0.25) is 11.0 Å². The Labute approximate surface area is 179 Å². The summed E-state index contributed by atoms with van der Waals surface area (Å²) in [6.45, 7) is 5.42. The van der Waals surface area contributed by atoms with Gasteiger partial charge in [-0.1, -0.05) is 12.1 Å². The summed E-state index contributed by atoms with van der Waals surface area (Å²) in [6, 6.07) is 13.2. The molecule has 0 bridgehead atoms. The quantitative estimate of drug-likeness (QED) is 0.392. The van der Waals surface area contributed by atoms with E-state index < -0.39 is 0 Å². The number of aromatic nitrogens is 1. The maximum absolute atomic E-state index is 11.1. The molecule has 0 atom stereocenters. The topological polar surface area (TPSA) is 84.8 Å². The molecule has 0 saturated carbocycles. The molecule has 1 aromatic heterocycles. The average molecular weight is 425 g/mol. The lowest BCUT2D eigenvalue weighted by Gasteiger charge is -2.13. The van der Waals surface area contributed by atoms with Gasteiger partial charge in [-0.2, -0.15) is 5.10 Å². The van der Waals surface area contributed by atoms with Crippen LogP contribution in [0.2, 0.25) is 0 Å². The third kappa shape index (κ3) is 5.81. The van der Waals surface area contributed by atoms with E-state index in [1.54, 1.807) is 13.3 Å². The van der Waals surface area contributed by atoms with Crippen molar-refractivity contribution in [3.05, 3.63) is 53.4 Å². The first-order chi connectivity index (χ1) is 14.4. The van der Waals surface area contributed by atoms with Gasteiger partial charge in [-0.15, -0.1) is 11.3 Å². The number of amides is 1. The molecule has 0 saturated heterocycles. The molecule has 8 heteroatoms. The Morgan fingerprint density at radius 2 is 1.93 bits per heavy atom. The van der Waals surface area contributed by atoms with Crippen LogP contribution in [-0.4, -0.2) is 30.3 Å². The highest BCUT2D eigenvalue weighted by atomic mass is 32.1. The largest absolute Gasteiger partial charge is 0.493 e. The van der Waals surface area contributed by atoms with Gasteiger partial charge in [-0.3, -0.25) is 10.2 Å². The van der Waals surface area contributed by atoms with Gasteiger partial charge in [-0.05, 0) is 49.7 Å². The number of ether oxygens (including phenoxy) is 2. The number of nitrogens with zero attached hydrogens (tertiary/aromatic N) is 2. The van der Waals surface area contributed by atoms with Crippen LogP contribution in [0.4, 0.5) is 10.8 Å². The minimum atomic E-state index is -0.0968. The van der Waals surface area contributed by atoms with Crippen LogP contribution in [0.25, 0.3) is 11.3 Å². The Morgan fingerprint density at radius 1 is 1.17 bits per heavy atom. The minimum Gasteiger partial charge on any atom is -0.493 e. The second-order valence-electron chi connectivity index (χ2n) is 6.74. The van der Waals surface area contributed by atoms with Crippen molar-refractivity contribution in [1.29, 1.82) is 0 Å². The number of carbonyl (C=O) groups is 1. The van der Waals surface area contributed by atoms with E-state index in [0.717, 1.165) is 22.5 Å². The molecule has 0 unspecified atom stereocenters. The maximum Gasteiger partial charge on any atom is 0.221 e. The number of methoxy groups -OCH3 is 1. The lowest BCUT2D eigenvalue weighted by atomic mass is 10.1. The van der Waals surface area contributed by atoms with Crippen molar-refractivity contribution >= 4 is 34.3 Å². The molecule has 156 valence electrons. The number of rotatable bonds is 8. The van der Waals surface area contributed by atoms with Crippen molar-refractivity contribution in [2.45, 2.75) is 26.9 Å². The number of hydrazone groups is 1. The van der Waals surface area contributed by atoms with Crippen molar-refractivity contribution in [3.63, 3.8) is 0 Å². The lowest BCUT2D eigenvalue weighted by Crippen LogP contribution is -2.07. The number of anilines is 2. The highest BCUT2D eigenvalue weighted by Crippen LogP contribution is 2.29. The van der Waals surface area contributed by atoms with Gasteiger partial charge in [0.05, 0.1) is 25.1 Å². The Hall–Kier alpha value is -3.39. The summed E-state index contributed by atoms with van der Waals surface area (Å²) in [5, 5.41) is 9.65. The molecule has 0 aliphatic heterocycles. The molecule has 0 radical (unpaired) electrons. The molecule has 1 heterocycles. The molecule has 2 aromatic carbocycles. The minimum absolute atomic E-state index is 0.0465. The molecule has 0 spiro atoms. The van der Waals surface area contributed by atoms with Crippen LogP contribution in [-0.2, 0) is 4.79 Å². The van der Waals surface area contributed by atoms with Gasteiger partial charge < -0.3 is 14.8 Å². The van der Waals surface area contributed by atoms with Crippen molar-refractivity contribution in [2.75, 3.05) is 17.9 Å². The Morgan fingerprint density at radius 3 is 2.60 bits per heavy atom. The molecule has 2 N–H and O–H groups in total. The molecule has 0 aliphatic rings. The average Bonchev–Trinajstić information content (AvgIpc) is 3.17. The van der Waals surface area contributed by atoms with Gasteiger partial charge in [0, 0.05) is 23.6 Å². The van der Waals surface area contributed by atoms with Gasteiger partial charge >= 0.3 is 0 Å². The van der Waals surface area contributed by atoms with Crippen LogP contribution in [0.5, 0.6) is 11.5 Å². The Bertz CT molecular complexity index is 1030. The molecule has 3 rings (SSSR count). The summed E-state index contributed by atoms with van der Waals surface area (Å²) in [6.07, 6.45) is 1.75. The predicted octanol–water partition coefficient (Wildman–Crippen LogP) is 5.01. The first-order valence-electron chi connectivity index (χ1n) is 9.42. The zero-order chi connectivity index (χ0) is 21.5. The first kappa shape index (κ1) is 21.3. The summed E-state index contributed by atoms with van der Waals surface area (Å²) >= 11 is 1.46. The van der Waals surface area contributed by atoms with Gasteiger partial charge in [-0.25, -0.2) is 4.98 Å². The third-order valence-electron chi connectivity index (χ3n) is 3.93. The first-order valence-corrected chi connectivity index (χ1v) is 10.3. The SMILES string of the molecule is COc1ccc(/C=N\Nc2nc(-c3ccc(NC(C)=O)cc3)cs2)cc1OC(C)C.